The van der Waals surface area contributed by atoms with Gasteiger partial charge in [-0.2, -0.15) is 0 Å². The lowest BCUT2D eigenvalue weighted by molar-refractivity contribution is -0.117. The molecule has 2 aromatic heterocycles. The molecular formula is C28H30FN5O3. The fraction of sp³-hybridized carbons (Fsp3) is 0.357. The quantitative estimate of drug-likeness (QED) is 0.446. The zero-order valence-electron chi connectivity index (χ0n) is 20.5. The van der Waals surface area contributed by atoms with E-state index in [1.165, 1.54) is 12.3 Å². The summed E-state index contributed by atoms with van der Waals surface area (Å²) in [6.45, 7) is 2.97. The number of nitrogens with one attached hydrogen (secondary N) is 2. The van der Waals surface area contributed by atoms with Crippen LogP contribution in [0.2, 0.25) is 0 Å². The van der Waals surface area contributed by atoms with Crippen molar-refractivity contribution in [1.82, 2.24) is 14.9 Å². The maximum Gasteiger partial charge on any atom is 0.255 e. The van der Waals surface area contributed by atoms with Crippen LogP contribution in [0.1, 0.15) is 41.6 Å². The van der Waals surface area contributed by atoms with Crippen LogP contribution in [0.5, 0.6) is 5.75 Å². The van der Waals surface area contributed by atoms with Gasteiger partial charge in [0, 0.05) is 35.9 Å². The van der Waals surface area contributed by atoms with Gasteiger partial charge in [-0.3, -0.25) is 19.5 Å². The third kappa shape index (κ3) is 6.89. The molecule has 9 heteroatoms. The van der Waals surface area contributed by atoms with E-state index in [4.69, 9.17) is 4.74 Å². The van der Waals surface area contributed by atoms with Crippen LogP contribution in [0.4, 0.5) is 15.9 Å². The van der Waals surface area contributed by atoms with Crippen molar-refractivity contribution in [2.24, 2.45) is 11.8 Å². The second kappa shape index (κ2) is 11.5. The molecule has 1 saturated heterocycles. The Hall–Kier alpha value is -3.85. The summed E-state index contributed by atoms with van der Waals surface area (Å²) in [6, 6.07) is 11.8. The number of anilines is 2. The lowest BCUT2D eigenvalue weighted by Crippen LogP contribution is -2.35. The number of carbonyl (C=O) groups is 2. The molecule has 3 heterocycles. The van der Waals surface area contributed by atoms with E-state index in [9.17, 15) is 14.0 Å². The zero-order valence-corrected chi connectivity index (χ0v) is 20.5. The Kier molecular flexibility index (Phi) is 7.70. The minimum Gasteiger partial charge on any atom is -0.492 e. The molecule has 0 radical (unpaired) electrons. The van der Waals surface area contributed by atoms with Crippen molar-refractivity contribution in [2.45, 2.75) is 32.2 Å². The molecule has 2 N–H and O–H groups in total. The molecule has 0 unspecified atom stereocenters. The van der Waals surface area contributed by atoms with Crippen molar-refractivity contribution in [2.75, 3.05) is 30.3 Å². The largest absolute Gasteiger partial charge is 0.492 e. The van der Waals surface area contributed by atoms with Crippen LogP contribution >= 0.6 is 0 Å². The van der Waals surface area contributed by atoms with Crippen LogP contribution in [0.3, 0.4) is 0 Å². The molecule has 1 saturated carbocycles. The predicted octanol–water partition coefficient (Wildman–Crippen LogP) is 4.51. The first-order valence-electron chi connectivity index (χ1n) is 12.7. The second-order valence-electron chi connectivity index (χ2n) is 9.68. The fourth-order valence-electron chi connectivity index (χ4n) is 4.38. The average Bonchev–Trinajstić information content (AvgIpc) is 3.76. The number of aromatic nitrogens is 2. The molecule has 1 aliphatic heterocycles. The van der Waals surface area contributed by atoms with E-state index in [1.807, 2.05) is 12.1 Å². The highest BCUT2D eigenvalue weighted by atomic mass is 19.1. The van der Waals surface area contributed by atoms with Gasteiger partial charge in [-0.15, -0.1) is 0 Å². The van der Waals surface area contributed by atoms with Crippen molar-refractivity contribution in [1.29, 1.82) is 0 Å². The number of nitrogens with zero attached hydrogens (tertiary/aromatic N) is 3. The van der Waals surface area contributed by atoms with Gasteiger partial charge in [0.1, 0.15) is 17.4 Å². The van der Waals surface area contributed by atoms with Gasteiger partial charge in [0.25, 0.3) is 5.91 Å². The van der Waals surface area contributed by atoms with Gasteiger partial charge in [0.15, 0.2) is 0 Å². The Balaban J connectivity index is 1.09. The van der Waals surface area contributed by atoms with Gasteiger partial charge in [-0.25, -0.2) is 9.37 Å². The smallest absolute Gasteiger partial charge is 0.255 e. The van der Waals surface area contributed by atoms with Crippen LogP contribution < -0.4 is 15.4 Å². The number of amides is 2. The minimum absolute atomic E-state index is 0.0551. The Morgan fingerprint density at radius 2 is 1.84 bits per heavy atom. The first-order valence-corrected chi connectivity index (χ1v) is 12.7. The lowest BCUT2D eigenvalue weighted by Gasteiger charge is -2.31. The number of hydrogen-bond acceptors (Lipinski definition) is 6. The second-order valence-corrected chi connectivity index (χ2v) is 9.68. The van der Waals surface area contributed by atoms with Gasteiger partial charge in [-0.1, -0.05) is 18.2 Å². The number of hydrogen-bond donors (Lipinski definition) is 2. The molecule has 1 aromatic carbocycles. The Bertz CT molecular complexity index is 1260. The van der Waals surface area contributed by atoms with Crippen molar-refractivity contribution in [3.8, 4) is 5.75 Å². The average molecular weight is 504 g/mol. The normalized spacial score (nSPS) is 16.2. The van der Waals surface area contributed by atoms with Gasteiger partial charge in [-0.05, 0) is 62.9 Å². The van der Waals surface area contributed by atoms with Crippen molar-refractivity contribution >= 4 is 23.3 Å². The zero-order chi connectivity index (χ0) is 25.6. The highest BCUT2D eigenvalue weighted by molar-refractivity contribution is 6.05. The first-order chi connectivity index (χ1) is 18.0. The van der Waals surface area contributed by atoms with E-state index in [2.05, 4.69) is 25.5 Å². The third-order valence-electron chi connectivity index (χ3n) is 6.74. The minimum atomic E-state index is -0.328. The van der Waals surface area contributed by atoms with E-state index in [0.717, 1.165) is 44.3 Å². The third-order valence-corrected chi connectivity index (χ3v) is 6.74. The summed E-state index contributed by atoms with van der Waals surface area (Å²) < 4.78 is 19.9. The molecule has 192 valence electrons. The molecule has 0 atom stereocenters. The molecule has 2 fully saturated rings. The lowest BCUT2D eigenvalue weighted by atomic mass is 9.97. The highest BCUT2D eigenvalue weighted by Crippen LogP contribution is 2.30. The van der Waals surface area contributed by atoms with E-state index in [0.29, 0.717) is 41.9 Å². The van der Waals surface area contributed by atoms with Crippen molar-refractivity contribution < 1.29 is 18.7 Å². The van der Waals surface area contributed by atoms with Crippen LogP contribution in [0, 0.1) is 17.7 Å². The number of carbonyl (C=O) groups excluding carboxylic acids is 2. The monoisotopic (exact) mass is 503 g/mol. The van der Waals surface area contributed by atoms with Crippen LogP contribution in [-0.4, -0.2) is 46.4 Å². The molecule has 37 heavy (non-hydrogen) atoms. The van der Waals surface area contributed by atoms with E-state index < -0.39 is 0 Å². The molecule has 2 amide bonds. The van der Waals surface area contributed by atoms with Crippen molar-refractivity contribution in [3.63, 3.8) is 0 Å². The molecule has 8 nitrogen and oxygen atoms in total. The molecule has 2 aliphatic rings. The standard InChI is InChI=1S/C28H30FN5O3/c29-25-4-2-1-3-22(25)17-34-11-8-19(9-12-34)18-37-24-14-23(15-30-16-24)32-28(36)21-7-10-31-26(13-21)33-27(35)20-5-6-20/h1-4,7,10,13-16,19-20H,5-6,8-9,11-12,17-18H2,(H,32,36)(H,31,33,35). The number of benzene rings is 1. The van der Waals surface area contributed by atoms with Gasteiger partial charge < -0.3 is 15.4 Å². The Morgan fingerprint density at radius 1 is 1.03 bits per heavy atom. The van der Waals surface area contributed by atoms with Gasteiger partial charge in [0.2, 0.25) is 5.91 Å². The van der Waals surface area contributed by atoms with Gasteiger partial charge >= 0.3 is 0 Å². The maximum atomic E-state index is 13.9. The summed E-state index contributed by atoms with van der Waals surface area (Å²) in [4.78, 5) is 35.3. The van der Waals surface area contributed by atoms with Crippen LogP contribution in [-0.2, 0) is 11.3 Å². The first kappa shape index (κ1) is 24.8. The summed E-state index contributed by atoms with van der Waals surface area (Å²) in [5.41, 5.74) is 1.63. The number of pyridine rings is 2. The van der Waals surface area contributed by atoms with Crippen LogP contribution in [0.15, 0.2) is 61.1 Å². The SMILES string of the molecule is O=C(Nc1cncc(OCC2CCN(Cc3ccccc3F)CC2)c1)c1ccnc(NC(=O)C2CC2)c1. The molecular weight excluding hydrogens is 473 g/mol. The molecule has 0 spiro atoms. The summed E-state index contributed by atoms with van der Waals surface area (Å²) in [6.07, 6.45) is 8.42. The Morgan fingerprint density at radius 3 is 2.62 bits per heavy atom. The van der Waals surface area contributed by atoms with Crippen LogP contribution in [0.25, 0.3) is 0 Å². The number of piperidine rings is 1. The van der Waals surface area contributed by atoms with E-state index in [-0.39, 0.29) is 23.5 Å². The predicted molar refractivity (Wildman–Crippen MR) is 138 cm³/mol. The van der Waals surface area contributed by atoms with E-state index in [1.54, 1.807) is 36.7 Å². The molecule has 0 bridgehead atoms. The number of halogens is 1. The van der Waals surface area contributed by atoms with Gasteiger partial charge in [0.05, 0.1) is 24.7 Å². The number of likely N-dealkylation sites (tertiary alicyclic amines) is 1. The number of ether oxygens (including phenoxy) is 1. The van der Waals surface area contributed by atoms with Crippen molar-refractivity contribution in [3.05, 3.63) is 78.0 Å². The molecule has 1 aliphatic carbocycles. The van der Waals surface area contributed by atoms with E-state index >= 15 is 0 Å². The highest BCUT2D eigenvalue weighted by Gasteiger charge is 2.30. The molecule has 5 rings (SSSR count). The number of rotatable bonds is 9. The Labute approximate surface area is 215 Å². The maximum absolute atomic E-state index is 13.9. The topological polar surface area (TPSA) is 96.4 Å². The molecule has 3 aromatic rings. The summed E-state index contributed by atoms with van der Waals surface area (Å²) >= 11 is 0. The summed E-state index contributed by atoms with van der Waals surface area (Å²) in [5.74, 6) is 0.853. The summed E-state index contributed by atoms with van der Waals surface area (Å²) in [5, 5.41) is 5.58. The summed E-state index contributed by atoms with van der Waals surface area (Å²) in [7, 11) is 0. The fourth-order valence-corrected chi connectivity index (χ4v) is 4.38.